The Morgan fingerprint density at radius 1 is 1.41 bits per heavy atom. The van der Waals surface area contributed by atoms with Gasteiger partial charge < -0.3 is 15.7 Å². The van der Waals surface area contributed by atoms with Gasteiger partial charge in [0.25, 0.3) is 0 Å². The molecule has 1 heterocycles. The van der Waals surface area contributed by atoms with Gasteiger partial charge in [0.15, 0.2) is 0 Å². The Morgan fingerprint density at radius 3 is 2.47 bits per heavy atom. The van der Waals surface area contributed by atoms with Crippen LogP contribution < -0.4 is 10.6 Å². The summed E-state index contributed by atoms with van der Waals surface area (Å²) in [5.41, 5.74) is 0. The van der Waals surface area contributed by atoms with Crippen molar-refractivity contribution in [2.75, 3.05) is 13.1 Å². The third kappa shape index (κ3) is 4.00. The van der Waals surface area contributed by atoms with Crippen molar-refractivity contribution in [1.29, 1.82) is 0 Å². The molecule has 0 spiro atoms. The minimum Gasteiger partial charge on any atom is -0.480 e. The number of hydrogen-bond acceptors (Lipinski definition) is 3. The molecule has 0 aliphatic carbocycles. The van der Waals surface area contributed by atoms with Gasteiger partial charge in [0, 0.05) is 6.54 Å². The molecule has 1 amide bonds. The summed E-state index contributed by atoms with van der Waals surface area (Å²) in [7, 11) is 0. The Bertz CT molecular complexity index is 291. The lowest BCUT2D eigenvalue weighted by atomic mass is 9.96. The van der Waals surface area contributed by atoms with Crippen LogP contribution in [0.2, 0.25) is 0 Å². The quantitative estimate of drug-likeness (QED) is 0.654. The van der Waals surface area contributed by atoms with Gasteiger partial charge in [0.05, 0.1) is 5.92 Å². The van der Waals surface area contributed by atoms with Crippen LogP contribution in [-0.4, -0.2) is 36.1 Å². The molecule has 0 unspecified atom stereocenters. The van der Waals surface area contributed by atoms with E-state index in [1.165, 1.54) is 0 Å². The van der Waals surface area contributed by atoms with Gasteiger partial charge in [-0.05, 0) is 24.8 Å². The third-order valence-corrected chi connectivity index (χ3v) is 3.18. The van der Waals surface area contributed by atoms with Crippen LogP contribution in [0.3, 0.4) is 0 Å². The second-order valence-corrected chi connectivity index (χ2v) is 5.27. The van der Waals surface area contributed by atoms with E-state index in [-0.39, 0.29) is 23.7 Å². The zero-order valence-corrected chi connectivity index (χ0v) is 10.7. The summed E-state index contributed by atoms with van der Waals surface area (Å²) < 4.78 is 0. The van der Waals surface area contributed by atoms with E-state index >= 15 is 0 Å². The Morgan fingerprint density at radius 2 is 2.06 bits per heavy atom. The Kier molecular flexibility index (Phi) is 4.93. The van der Waals surface area contributed by atoms with E-state index in [2.05, 4.69) is 10.6 Å². The number of carboxylic acid groups (broad SMARTS) is 1. The smallest absolute Gasteiger partial charge is 0.326 e. The highest BCUT2D eigenvalue weighted by molar-refractivity contribution is 5.85. The molecule has 0 radical (unpaired) electrons. The van der Waals surface area contributed by atoms with Gasteiger partial charge in [-0.15, -0.1) is 0 Å². The fraction of sp³-hybridized carbons (Fsp3) is 0.833. The average Bonchev–Trinajstić information content (AvgIpc) is 2.62. The number of amides is 1. The number of hydrogen-bond donors (Lipinski definition) is 3. The van der Waals surface area contributed by atoms with E-state index in [1.807, 2.05) is 20.8 Å². The van der Waals surface area contributed by atoms with E-state index in [1.54, 1.807) is 0 Å². The van der Waals surface area contributed by atoms with Gasteiger partial charge in [0.2, 0.25) is 5.91 Å². The highest BCUT2D eigenvalue weighted by atomic mass is 16.4. The first-order chi connectivity index (χ1) is 7.91. The largest absolute Gasteiger partial charge is 0.480 e. The summed E-state index contributed by atoms with van der Waals surface area (Å²) in [6.07, 6.45) is 0.468. The van der Waals surface area contributed by atoms with Crippen molar-refractivity contribution in [3.8, 4) is 0 Å². The molecule has 1 aliphatic rings. The van der Waals surface area contributed by atoms with Crippen LogP contribution in [0.15, 0.2) is 0 Å². The van der Waals surface area contributed by atoms with Crippen molar-refractivity contribution in [3.05, 3.63) is 0 Å². The van der Waals surface area contributed by atoms with Gasteiger partial charge in [0.1, 0.15) is 6.04 Å². The summed E-state index contributed by atoms with van der Waals surface area (Å²) in [5.74, 6) is -0.691. The van der Waals surface area contributed by atoms with Gasteiger partial charge >= 0.3 is 5.97 Å². The third-order valence-electron chi connectivity index (χ3n) is 3.18. The number of carbonyl (C=O) groups is 2. The SMILES string of the molecule is CC(C)C[C@H](NC(=O)[C@@H]1CNC[C@H]1C)C(=O)O. The second-order valence-electron chi connectivity index (χ2n) is 5.27. The molecular weight excluding hydrogens is 220 g/mol. The van der Waals surface area contributed by atoms with Crippen LogP contribution in [-0.2, 0) is 9.59 Å². The van der Waals surface area contributed by atoms with E-state index < -0.39 is 12.0 Å². The molecule has 0 aromatic rings. The Balaban J connectivity index is 2.54. The minimum absolute atomic E-state index is 0.107. The summed E-state index contributed by atoms with van der Waals surface area (Å²) in [6.45, 7) is 7.35. The average molecular weight is 242 g/mol. The molecule has 1 aliphatic heterocycles. The first-order valence-electron chi connectivity index (χ1n) is 6.15. The van der Waals surface area contributed by atoms with Crippen LogP contribution >= 0.6 is 0 Å². The molecule has 0 saturated carbocycles. The molecule has 3 atom stereocenters. The van der Waals surface area contributed by atoms with E-state index in [9.17, 15) is 9.59 Å². The molecule has 0 bridgehead atoms. The van der Waals surface area contributed by atoms with Crippen LogP contribution in [0, 0.1) is 17.8 Å². The van der Waals surface area contributed by atoms with Crippen molar-refractivity contribution in [3.63, 3.8) is 0 Å². The molecular formula is C12H22N2O3. The van der Waals surface area contributed by atoms with E-state index in [0.29, 0.717) is 13.0 Å². The van der Waals surface area contributed by atoms with Crippen LogP contribution in [0.4, 0.5) is 0 Å². The zero-order chi connectivity index (χ0) is 13.0. The van der Waals surface area contributed by atoms with Gasteiger partial charge in [-0.25, -0.2) is 4.79 Å². The van der Waals surface area contributed by atoms with Crippen LogP contribution in [0.1, 0.15) is 27.2 Å². The van der Waals surface area contributed by atoms with Gasteiger partial charge in [-0.3, -0.25) is 4.79 Å². The predicted molar refractivity (Wildman–Crippen MR) is 64.5 cm³/mol. The van der Waals surface area contributed by atoms with Gasteiger partial charge in [-0.1, -0.05) is 20.8 Å². The van der Waals surface area contributed by atoms with Crippen LogP contribution in [0.25, 0.3) is 0 Å². The highest BCUT2D eigenvalue weighted by Crippen LogP contribution is 2.16. The molecule has 5 heteroatoms. The van der Waals surface area contributed by atoms with Crippen molar-refractivity contribution in [2.45, 2.75) is 33.2 Å². The zero-order valence-electron chi connectivity index (χ0n) is 10.7. The Labute approximate surface area is 102 Å². The lowest BCUT2D eigenvalue weighted by molar-refractivity contribution is -0.143. The molecule has 0 aromatic carbocycles. The molecule has 5 nitrogen and oxygen atoms in total. The molecule has 1 rings (SSSR count). The first kappa shape index (κ1) is 14.0. The molecule has 98 valence electrons. The minimum atomic E-state index is -0.953. The maximum Gasteiger partial charge on any atom is 0.326 e. The first-order valence-corrected chi connectivity index (χ1v) is 6.15. The summed E-state index contributed by atoms with van der Waals surface area (Å²) in [6, 6.07) is -0.768. The predicted octanol–water partition coefficient (Wildman–Crippen LogP) is 0.457. The molecule has 17 heavy (non-hydrogen) atoms. The van der Waals surface area contributed by atoms with Crippen molar-refractivity contribution < 1.29 is 14.7 Å². The summed E-state index contributed by atoms with van der Waals surface area (Å²) in [5, 5.41) is 14.8. The fourth-order valence-electron chi connectivity index (χ4n) is 2.13. The van der Waals surface area contributed by atoms with E-state index in [0.717, 1.165) is 6.54 Å². The van der Waals surface area contributed by atoms with Crippen LogP contribution in [0.5, 0.6) is 0 Å². The number of carboxylic acids is 1. The van der Waals surface area contributed by atoms with E-state index in [4.69, 9.17) is 5.11 Å². The summed E-state index contributed by atoms with van der Waals surface area (Å²) in [4.78, 5) is 23.0. The molecule has 0 aromatic heterocycles. The van der Waals surface area contributed by atoms with Crippen molar-refractivity contribution in [1.82, 2.24) is 10.6 Å². The lowest BCUT2D eigenvalue weighted by Crippen LogP contribution is -2.45. The molecule has 1 fully saturated rings. The second kappa shape index (κ2) is 6.00. The maximum atomic E-state index is 11.9. The normalized spacial score (nSPS) is 25.9. The van der Waals surface area contributed by atoms with Crippen molar-refractivity contribution >= 4 is 11.9 Å². The number of nitrogens with one attached hydrogen (secondary N) is 2. The number of rotatable bonds is 5. The van der Waals surface area contributed by atoms with Gasteiger partial charge in [-0.2, -0.15) is 0 Å². The Hall–Kier alpha value is -1.10. The number of aliphatic carboxylic acids is 1. The van der Waals surface area contributed by atoms with Crippen molar-refractivity contribution in [2.24, 2.45) is 17.8 Å². The molecule has 1 saturated heterocycles. The number of carbonyl (C=O) groups excluding carboxylic acids is 1. The molecule has 3 N–H and O–H groups in total. The monoisotopic (exact) mass is 242 g/mol. The fourth-order valence-corrected chi connectivity index (χ4v) is 2.13. The maximum absolute atomic E-state index is 11.9. The standard InChI is InChI=1S/C12H22N2O3/c1-7(2)4-10(12(16)17)14-11(15)9-6-13-5-8(9)3/h7-10,13H,4-6H2,1-3H3,(H,14,15)(H,16,17)/t8-,9-,10+/m1/s1. The summed E-state index contributed by atoms with van der Waals surface area (Å²) >= 11 is 0. The topological polar surface area (TPSA) is 78.4 Å². The lowest BCUT2D eigenvalue weighted by Gasteiger charge is -2.20. The highest BCUT2D eigenvalue weighted by Gasteiger charge is 2.32.